The van der Waals surface area contributed by atoms with E-state index in [2.05, 4.69) is 33.9 Å². The summed E-state index contributed by atoms with van der Waals surface area (Å²) in [6.07, 6.45) is 0. The molecule has 12 heavy (non-hydrogen) atoms. The zero-order chi connectivity index (χ0) is 8.72. The Balaban J connectivity index is 2.62. The largest absolute Gasteiger partial charge is 0.324 e. The first-order chi connectivity index (χ1) is 5.70. The number of thiol groups is 1. The highest BCUT2D eigenvalue weighted by Crippen LogP contribution is 2.39. The number of rotatable bonds is 0. The Labute approximate surface area is 83.9 Å². The first-order valence-corrected chi connectivity index (χ1v) is 4.78. The maximum atomic E-state index is 11.2. The van der Waals surface area contributed by atoms with E-state index in [1.54, 1.807) is 0 Å². The fraction of sp³-hybridized carbons (Fsp3) is 0.125. The number of nitrogens with one attached hydrogen (secondary N) is 1. The molecule has 0 radical (unpaired) electrons. The molecule has 1 aromatic carbocycles. The number of carbonyl (C=O) groups is 1. The predicted octanol–water partition coefficient (Wildman–Crippen LogP) is 2.37. The highest BCUT2D eigenvalue weighted by atomic mass is 79.9. The molecule has 1 aliphatic rings. The normalized spacial score (nSPS) is 20.5. The SMILES string of the molecule is O=C1Nc2cccc(Br)c2C1S. The van der Waals surface area contributed by atoms with E-state index < -0.39 is 0 Å². The van der Waals surface area contributed by atoms with Crippen LogP contribution in [0.15, 0.2) is 22.7 Å². The second-order valence-corrected chi connectivity index (χ2v) is 3.96. The molecular formula is C8H6BrNOS. The van der Waals surface area contributed by atoms with Gasteiger partial charge in [-0.3, -0.25) is 4.79 Å². The van der Waals surface area contributed by atoms with Gasteiger partial charge in [0.25, 0.3) is 0 Å². The molecule has 1 heterocycles. The third kappa shape index (κ3) is 1.06. The van der Waals surface area contributed by atoms with Gasteiger partial charge in [-0.15, -0.1) is 0 Å². The summed E-state index contributed by atoms with van der Waals surface area (Å²) in [5.74, 6) is -0.0553. The number of amides is 1. The van der Waals surface area contributed by atoms with Crippen molar-refractivity contribution in [1.29, 1.82) is 0 Å². The Morgan fingerprint density at radius 3 is 2.92 bits per heavy atom. The van der Waals surface area contributed by atoms with Gasteiger partial charge in [-0.1, -0.05) is 22.0 Å². The average molecular weight is 244 g/mol. The zero-order valence-electron chi connectivity index (χ0n) is 6.04. The smallest absolute Gasteiger partial charge is 0.241 e. The van der Waals surface area contributed by atoms with E-state index in [-0.39, 0.29) is 11.2 Å². The maximum absolute atomic E-state index is 11.2. The highest BCUT2D eigenvalue weighted by molar-refractivity contribution is 9.10. The summed E-state index contributed by atoms with van der Waals surface area (Å²) in [6.45, 7) is 0. The third-order valence-electron chi connectivity index (χ3n) is 1.83. The molecule has 0 fully saturated rings. The minimum Gasteiger partial charge on any atom is -0.324 e. The van der Waals surface area contributed by atoms with E-state index in [0.717, 1.165) is 15.7 Å². The third-order valence-corrected chi connectivity index (χ3v) is 3.02. The number of anilines is 1. The van der Waals surface area contributed by atoms with Crippen LogP contribution in [-0.2, 0) is 4.79 Å². The van der Waals surface area contributed by atoms with E-state index in [1.165, 1.54) is 0 Å². The molecule has 0 spiro atoms. The van der Waals surface area contributed by atoms with Crippen molar-refractivity contribution in [1.82, 2.24) is 0 Å². The van der Waals surface area contributed by atoms with Crippen molar-refractivity contribution in [2.45, 2.75) is 5.25 Å². The Bertz CT molecular complexity index is 353. The Morgan fingerprint density at radius 1 is 1.50 bits per heavy atom. The van der Waals surface area contributed by atoms with Crippen LogP contribution >= 0.6 is 28.6 Å². The van der Waals surface area contributed by atoms with Gasteiger partial charge >= 0.3 is 0 Å². The first-order valence-electron chi connectivity index (χ1n) is 3.47. The molecule has 1 atom stereocenters. The van der Waals surface area contributed by atoms with Crippen LogP contribution in [0, 0.1) is 0 Å². The monoisotopic (exact) mass is 243 g/mol. The van der Waals surface area contributed by atoms with Gasteiger partial charge in [-0.2, -0.15) is 12.6 Å². The number of hydrogen-bond acceptors (Lipinski definition) is 2. The van der Waals surface area contributed by atoms with Crippen LogP contribution < -0.4 is 5.32 Å². The molecular weight excluding hydrogens is 238 g/mol. The van der Waals surface area contributed by atoms with E-state index in [9.17, 15) is 4.79 Å². The van der Waals surface area contributed by atoms with Gasteiger partial charge in [0.05, 0.1) is 0 Å². The lowest BCUT2D eigenvalue weighted by Crippen LogP contribution is -2.06. The van der Waals surface area contributed by atoms with Crippen LogP contribution in [0.3, 0.4) is 0 Å². The molecule has 2 nitrogen and oxygen atoms in total. The number of benzene rings is 1. The Hall–Kier alpha value is -0.480. The highest BCUT2D eigenvalue weighted by Gasteiger charge is 2.28. The Morgan fingerprint density at radius 2 is 2.25 bits per heavy atom. The van der Waals surface area contributed by atoms with Crippen molar-refractivity contribution in [3.63, 3.8) is 0 Å². The van der Waals surface area contributed by atoms with Crippen molar-refractivity contribution < 1.29 is 4.79 Å². The van der Waals surface area contributed by atoms with E-state index >= 15 is 0 Å². The van der Waals surface area contributed by atoms with Crippen LogP contribution in [-0.4, -0.2) is 5.91 Å². The lowest BCUT2D eigenvalue weighted by atomic mass is 10.2. The van der Waals surface area contributed by atoms with Gasteiger partial charge in [0.2, 0.25) is 5.91 Å². The first kappa shape index (κ1) is 8.13. The number of carbonyl (C=O) groups excluding carboxylic acids is 1. The summed E-state index contributed by atoms with van der Waals surface area (Å²) in [4.78, 5) is 11.2. The minimum absolute atomic E-state index is 0.0553. The van der Waals surface area contributed by atoms with Crippen LogP contribution in [0.4, 0.5) is 5.69 Å². The second-order valence-electron chi connectivity index (χ2n) is 2.59. The van der Waals surface area contributed by atoms with Gasteiger partial charge in [0.15, 0.2) is 0 Å². The summed E-state index contributed by atoms with van der Waals surface area (Å²) in [6, 6.07) is 5.66. The summed E-state index contributed by atoms with van der Waals surface area (Å²) >= 11 is 7.57. The molecule has 4 heteroatoms. The lowest BCUT2D eigenvalue weighted by molar-refractivity contribution is -0.115. The summed E-state index contributed by atoms with van der Waals surface area (Å²) in [5, 5.41) is 2.41. The van der Waals surface area contributed by atoms with Gasteiger partial charge in [-0.05, 0) is 12.1 Å². The van der Waals surface area contributed by atoms with Gasteiger partial charge in [0, 0.05) is 15.7 Å². The van der Waals surface area contributed by atoms with Gasteiger partial charge in [-0.25, -0.2) is 0 Å². The molecule has 0 saturated heterocycles. The number of fused-ring (bicyclic) bond motifs is 1. The van der Waals surface area contributed by atoms with Crippen LogP contribution in [0.25, 0.3) is 0 Å². The molecule has 1 aliphatic heterocycles. The zero-order valence-corrected chi connectivity index (χ0v) is 8.52. The van der Waals surface area contributed by atoms with Crippen molar-refractivity contribution in [3.05, 3.63) is 28.2 Å². The summed E-state index contributed by atoms with van der Waals surface area (Å²) in [5.41, 5.74) is 1.79. The van der Waals surface area contributed by atoms with Crippen molar-refractivity contribution in [2.75, 3.05) is 5.32 Å². The molecule has 62 valence electrons. The molecule has 1 amide bonds. The molecule has 2 rings (SSSR count). The Kier molecular flexibility index (Phi) is 1.88. The lowest BCUT2D eigenvalue weighted by Gasteiger charge is -2.01. The molecule has 0 aromatic heterocycles. The van der Waals surface area contributed by atoms with Crippen LogP contribution in [0.5, 0.6) is 0 Å². The average Bonchev–Trinajstić information content (AvgIpc) is 2.29. The maximum Gasteiger partial charge on any atom is 0.241 e. The van der Waals surface area contributed by atoms with Crippen LogP contribution in [0.2, 0.25) is 0 Å². The van der Waals surface area contributed by atoms with Crippen LogP contribution in [0.1, 0.15) is 10.8 Å². The fourth-order valence-corrected chi connectivity index (χ4v) is 2.37. The van der Waals surface area contributed by atoms with E-state index in [1.807, 2.05) is 18.2 Å². The van der Waals surface area contributed by atoms with Gasteiger partial charge in [0.1, 0.15) is 5.25 Å². The van der Waals surface area contributed by atoms with Crippen molar-refractivity contribution in [2.24, 2.45) is 0 Å². The molecule has 0 aliphatic carbocycles. The fourth-order valence-electron chi connectivity index (χ4n) is 1.26. The quantitative estimate of drug-likeness (QED) is 0.674. The molecule has 1 unspecified atom stereocenters. The summed E-state index contributed by atoms with van der Waals surface area (Å²) < 4.78 is 0.929. The topological polar surface area (TPSA) is 29.1 Å². The second kappa shape index (κ2) is 2.78. The molecule has 0 saturated carbocycles. The van der Waals surface area contributed by atoms with Gasteiger partial charge < -0.3 is 5.32 Å². The summed E-state index contributed by atoms with van der Waals surface area (Å²) in [7, 11) is 0. The number of halogens is 1. The van der Waals surface area contributed by atoms with Crippen molar-refractivity contribution in [3.8, 4) is 0 Å². The minimum atomic E-state index is -0.337. The standard InChI is InChI=1S/C8H6BrNOS/c9-4-2-1-3-5-6(4)7(12)8(11)10-5/h1-3,7,12H,(H,10,11). The number of hydrogen-bond donors (Lipinski definition) is 2. The molecule has 1 aromatic rings. The molecule has 0 bridgehead atoms. The predicted molar refractivity (Wildman–Crippen MR) is 54.5 cm³/mol. The van der Waals surface area contributed by atoms with Crippen molar-refractivity contribution >= 4 is 40.2 Å². The molecule has 1 N–H and O–H groups in total. The van der Waals surface area contributed by atoms with E-state index in [0.29, 0.717) is 0 Å². The van der Waals surface area contributed by atoms with E-state index in [4.69, 9.17) is 0 Å².